The number of benzene rings is 2. The van der Waals surface area contributed by atoms with E-state index in [0.717, 1.165) is 0 Å². The second kappa shape index (κ2) is 5.23. The van der Waals surface area contributed by atoms with Crippen molar-refractivity contribution in [3.05, 3.63) is 69.5 Å². The summed E-state index contributed by atoms with van der Waals surface area (Å²) in [5.74, 6) is -3.30. The largest absolute Gasteiger partial charge is 0.383 e. The predicted octanol–water partition coefficient (Wildman–Crippen LogP) is 4.15. The van der Waals surface area contributed by atoms with Gasteiger partial charge in [-0.25, -0.2) is 13.2 Å². The summed E-state index contributed by atoms with van der Waals surface area (Å²) in [4.78, 5) is 0. The van der Waals surface area contributed by atoms with E-state index in [0.29, 0.717) is 22.7 Å². The molecule has 0 aromatic heterocycles. The van der Waals surface area contributed by atoms with Gasteiger partial charge < -0.3 is 5.11 Å². The normalized spacial score (nSPS) is 12.5. The molecule has 0 amide bonds. The number of rotatable bonds is 2. The van der Waals surface area contributed by atoms with Crippen molar-refractivity contribution in [2.24, 2.45) is 0 Å². The summed E-state index contributed by atoms with van der Waals surface area (Å²) >= 11 is 5.79. The van der Waals surface area contributed by atoms with Gasteiger partial charge in [-0.05, 0) is 30.2 Å². The average Bonchev–Trinajstić information content (AvgIpc) is 2.30. The van der Waals surface area contributed by atoms with Crippen LogP contribution >= 0.6 is 11.6 Å². The fourth-order valence-corrected chi connectivity index (χ4v) is 2.06. The lowest BCUT2D eigenvalue weighted by Crippen LogP contribution is -2.08. The summed E-state index contributed by atoms with van der Waals surface area (Å²) in [5, 5.41) is 10.4. The SMILES string of the molecule is Cc1ccc(Cl)cc1C(O)c1c(F)cc(F)cc1F. The van der Waals surface area contributed by atoms with E-state index in [4.69, 9.17) is 11.6 Å². The third-order valence-corrected chi connectivity index (χ3v) is 3.09. The van der Waals surface area contributed by atoms with Crippen molar-refractivity contribution in [1.29, 1.82) is 0 Å². The van der Waals surface area contributed by atoms with Crippen LogP contribution in [0.2, 0.25) is 5.02 Å². The Hall–Kier alpha value is -1.52. The van der Waals surface area contributed by atoms with Crippen LogP contribution in [0.25, 0.3) is 0 Å². The molecule has 2 rings (SSSR count). The molecule has 0 spiro atoms. The number of hydrogen-bond donors (Lipinski definition) is 1. The molecule has 0 bridgehead atoms. The van der Waals surface area contributed by atoms with Gasteiger partial charge in [-0.1, -0.05) is 17.7 Å². The highest BCUT2D eigenvalue weighted by Crippen LogP contribution is 2.30. The second-order valence-corrected chi connectivity index (χ2v) is 4.62. The monoisotopic (exact) mass is 286 g/mol. The third kappa shape index (κ3) is 2.74. The van der Waals surface area contributed by atoms with Crippen molar-refractivity contribution >= 4 is 11.6 Å². The first-order chi connectivity index (χ1) is 8.90. The molecule has 1 unspecified atom stereocenters. The summed E-state index contributed by atoms with van der Waals surface area (Å²) in [6.45, 7) is 1.67. The molecule has 0 aliphatic heterocycles. The molecule has 0 fully saturated rings. The van der Waals surface area contributed by atoms with Gasteiger partial charge in [0, 0.05) is 17.2 Å². The maximum Gasteiger partial charge on any atom is 0.135 e. The molecule has 0 saturated carbocycles. The minimum atomic E-state index is -1.54. The highest BCUT2D eigenvalue weighted by Gasteiger charge is 2.22. The molecule has 0 saturated heterocycles. The Morgan fingerprint density at radius 3 is 2.21 bits per heavy atom. The quantitative estimate of drug-likeness (QED) is 0.879. The summed E-state index contributed by atoms with van der Waals surface area (Å²) in [7, 11) is 0. The summed E-state index contributed by atoms with van der Waals surface area (Å²) in [6.07, 6.45) is -1.54. The van der Waals surface area contributed by atoms with Crippen molar-refractivity contribution in [3.63, 3.8) is 0 Å². The van der Waals surface area contributed by atoms with Gasteiger partial charge in [0.15, 0.2) is 0 Å². The van der Waals surface area contributed by atoms with Crippen LogP contribution in [0.5, 0.6) is 0 Å². The minimum absolute atomic E-state index is 0.275. The molecular formula is C14H10ClF3O. The van der Waals surface area contributed by atoms with Gasteiger partial charge in [-0.2, -0.15) is 0 Å². The van der Waals surface area contributed by atoms with Crippen LogP contribution in [0.1, 0.15) is 22.8 Å². The van der Waals surface area contributed by atoms with E-state index in [-0.39, 0.29) is 5.56 Å². The van der Waals surface area contributed by atoms with Crippen LogP contribution in [-0.4, -0.2) is 5.11 Å². The molecule has 1 nitrogen and oxygen atoms in total. The minimum Gasteiger partial charge on any atom is -0.383 e. The highest BCUT2D eigenvalue weighted by atomic mass is 35.5. The first kappa shape index (κ1) is 13.9. The molecular weight excluding hydrogens is 277 g/mol. The van der Waals surface area contributed by atoms with Crippen molar-refractivity contribution < 1.29 is 18.3 Å². The van der Waals surface area contributed by atoms with Gasteiger partial charge in [-0.3, -0.25) is 0 Å². The van der Waals surface area contributed by atoms with Gasteiger partial charge in [0.2, 0.25) is 0 Å². The van der Waals surface area contributed by atoms with Gasteiger partial charge in [-0.15, -0.1) is 0 Å². The summed E-state index contributed by atoms with van der Waals surface area (Å²) in [6, 6.07) is 5.71. The highest BCUT2D eigenvalue weighted by molar-refractivity contribution is 6.30. The molecule has 5 heteroatoms. The Kier molecular flexibility index (Phi) is 3.83. The molecule has 2 aromatic rings. The van der Waals surface area contributed by atoms with E-state index in [1.807, 2.05) is 0 Å². The molecule has 1 atom stereocenters. The number of aliphatic hydroxyl groups excluding tert-OH is 1. The van der Waals surface area contributed by atoms with Crippen molar-refractivity contribution in [2.75, 3.05) is 0 Å². The third-order valence-electron chi connectivity index (χ3n) is 2.85. The Bertz CT molecular complexity index is 605. The standard InChI is InChI=1S/C14H10ClF3O/c1-7-2-3-8(15)4-10(7)14(19)13-11(17)5-9(16)6-12(13)18/h2-6,14,19H,1H3. The lowest BCUT2D eigenvalue weighted by atomic mass is 9.96. The molecule has 0 radical (unpaired) electrons. The van der Waals surface area contributed by atoms with Crippen LogP contribution in [0.3, 0.4) is 0 Å². The van der Waals surface area contributed by atoms with E-state index in [2.05, 4.69) is 0 Å². The maximum atomic E-state index is 13.6. The fraction of sp³-hybridized carbons (Fsp3) is 0.143. The van der Waals surface area contributed by atoms with Gasteiger partial charge in [0.05, 0.1) is 5.56 Å². The molecule has 100 valence electrons. The summed E-state index contributed by atoms with van der Waals surface area (Å²) < 4.78 is 40.0. The Balaban J connectivity index is 2.56. The molecule has 0 heterocycles. The van der Waals surface area contributed by atoms with Crippen LogP contribution in [0.15, 0.2) is 30.3 Å². The topological polar surface area (TPSA) is 20.2 Å². The fourth-order valence-electron chi connectivity index (χ4n) is 1.88. The zero-order valence-corrected chi connectivity index (χ0v) is 10.7. The molecule has 2 aromatic carbocycles. The molecule has 19 heavy (non-hydrogen) atoms. The Morgan fingerprint density at radius 2 is 1.63 bits per heavy atom. The summed E-state index contributed by atoms with van der Waals surface area (Å²) in [5.41, 5.74) is 0.309. The van der Waals surface area contributed by atoms with E-state index >= 15 is 0 Å². The van der Waals surface area contributed by atoms with Gasteiger partial charge >= 0.3 is 0 Å². The van der Waals surface area contributed by atoms with Crippen LogP contribution in [0.4, 0.5) is 13.2 Å². The van der Waals surface area contributed by atoms with Gasteiger partial charge in [0.1, 0.15) is 23.6 Å². The van der Waals surface area contributed by atoms with Crippen molar-refractivity contribution in [3.8, 4) is 0 Å². The lowest BCUT2D eigenvalue weighted by molar-refractivity contribution is 0.208. The Morgan fingerprint density at radius 1 is 1.05 bits per heavy atom. The second-order valence-electron chi connectivity index (χ2n) is 4.19. The van der Waals surface area contributed by atoms with Crippen LogP contribution in [-0.2, 0) is 0 Å². The number of hydrogen-bond acceptors (Lipinski definition) is 1. The van der Waals surface area contributed by atoms with Crippen molar-refractivity contribution in [1.82, 2.24) is 0 Å². The first-order valence-corrected chi connectivity index (χ1v) is 5.86. The number of aryl methyl sites for hydroxylation is 1. The number of halogens is 4. The van der Waals surface area contributed by atoms with E-state index in [1.165, 1.54) is 6.07 Å². The van der Waals surface area contributed by atoms with Crippen LogP contribution in [0, 0.1) is 24.4 Å². The van der Waals surface area contributed by atoms with E-state index in [1.54, 1.807) is 19.1 Å². The van der Waals surface area contributed by atoms with Crippen molar-refractivity contribution in [2.45, 2.75) is 13.0 Å². The zero-order valence-electron chi connectivity index (χ0n) is 9.92. The molecule has 0 aliphatic carbocycles. The van der Waals surface area contributed by atoms with E-state index in [9.17, 15) is 18.3 Å². The zero-order chi connectivity index (χ0) is 14.2. The first-order valence-electron chi connectivity index (χ1n) is 5.48. The molecule has 0 aliphatic rings. The Labute approximate surface area is 113 Å². The predicted molar refractivity (Wildman–Crippen MR) is 66.6 cm³/mol. The smallest absolute Gasteiger partial charge is 0.135 e. The molecule has 1 N–H and O–H groups in total. The maximum absolute atomic E-state index is 13.6. The van der Waals surface area contributed by atoms with Gasteiger partial charge in [0.25, 0.3) is 0 Å². The van der Waals surface area contributed by atoms with Crippen LogP contribution < -0.4 is 0 Å². The lowest BCUT2D eigenvalue weighted by Gasteiger charge is -2.16. The average molecular weight is 287 g/mol. The number of aliphatic hydroxyl groups is 1. The van der Waals surface area contributed by atoms with E-state index < -0.39 is 29.1 Å².